The number of amides is 3. The molecular formula is C28H47N3O5. The fourth-order valence-corrected chi connectivity index (χ4v) is 3.82. The molecule has 0 aliphatic carbocycles. The molecule has 0 aromatic heterocycles. The Hall–Kier alpha value is -2.77. The number of nitrogens with one attached hydrogen (secondary N) is 2. The molecule has 8 heteroatoms. The van der Waals surface area contributed by atoms with Crippen molar-refractivity contribution in [1.82, 2.24) is 15.5 Å². The zero-order valence-corrected chi connectivity index (χ0v) is 23.2. The topological polar surface area (TPSA) is 108 Å². The van der Waals surface area contributed by atoms with E-state index in [9.17, 15) is 19.5 Å². The Balaban J connectivity index is 3.39. The number of rotatable bonds is 14. The van der Waals surface area contributed by atoms with Crippen molar-refractivity contribution in [2.45, 2.75) is 105 Å². The van der Waals surface area contributed by atoms with Gasteiger partial charge < -0.3 is 25.4 Å². The first kappa shape index (κ1) is 31.3. The number of hydrogen-bond acceptors (Lipinski definition) is 5. The summed E-state index contributed by atoms with van der Waals surface area (Å²) in [5.41, 5.74) is -0.104. The lowest BCUT2D eigenvalue weighted by Crippen LogP contribution is -2.55. The largest absolute Gasteiger partial charge is 0.508 e. The minimum Gasteiger partial charge on any atom is -0.508 e. The third kappa shape index (κ3) is 10.9. The highest BCUT2D eigenvalue weighted by Gasteiger charge is 2.37. The fraction of sp³-hybridized carbons (Fsp3) is 0.679. The average molecular weight is 506 g/mol. The van der Waals surface area contributed by atoms with Gasteiger partial charge in [0.15, 0.2) is 0 Å². The molecule has 0 aliphatic rings. The molecular weight excluding hydrogens is 458 g/mol. The van der Waals surface area contributed by atoms with Crippen LogP contribution < -0.4 is 10.6 Å². The molecule has 3 amide bonds. The molecule has 0 heterocycles. The first-order chi connectivity index (χ1) is 16.9. The molecule has 1 aromatic carbocycles. The Kier molecular flexibility index (Phi) is 13.3. The van der Waals surface area contributed by atoms with E-state index in [1.165, 1.54) is 12.1 Å². The molecule has 3 N–H and O–H groups in total. The van der Waals surface area contributed by atoms with Crippen LogP contribution in [-0.2, 0) is 14.3 Å². The standard InChI is InChI=1S/C28H47N3O5/c1-8-10-12-13-19-31(26(34)23(20(3)4)30-27(35)36-28(5,6)7)24(25(33)29-18-11-9-2)21-14-16-22(32)17-15-21/h14-17,20,23-24,32H,8-13,18-19H2,1-7H3,(H,29,33)(H,30,35). The normalized spacial score (nSPS) is 13.1. The van der Waals surface area contributed by atoms with Gasteiger partial charge in [0.05, 0.1) is 0 Å². The number of benzene rings is 1. The number of unbranched alkanes of at least 4 members (excludes halogenated alkanes) is 4. The number of carbonyl (C=O) groups is 3. The van der Waals surface area contributed by atoms with Crippen LogP contribution in [0.5, 0.6) is 5.75 Å². The third-order valence-corrected chi connectivity index (χ3v) is 5.74. The summed E-state index contributed by atoms with van der Waals surface area (Å²) in [4.78, 5) is 41.6. The van der Waals surface area contributed by atoms with E-state index in [-0.39, 0.29) is 23.5 Å². The lowest BCUT2D eigenvalue weighted by Gasteiger charge is -2.35. The summed E-state index contributed by atoms with van der Waals surface area (Å²) in [6.45, 7) is 14.0. The van der Waals surface area contributed by atoms with E-state index < -0.39 is 23.8 Å². The van der Waals surface area contributed by atoms with Gasteiger partial charge in [-0.15, -0.1) is 0 Å². The van der Waals surface area contributed by atoms with E-state index in [2.05, 4.69) is 17.6 Å². The number of alkyl carbamates (subject to hydrolysis) is 1. The van der Waals surface area contributed by atoms with Crippen molar-refractivity contribution in [2.75, 3.05) is 13.1 Å². The average Bonchev–Trinajstić information content (AvgIpc) is 2.79. The second-order valence-corrected chi connectivity index (χ2v) is 10.6. The van der Waals surface area contributed by atoms with Crippen LogP contribution in [0, 0.1) is 5.92 Å². The summed E-state index contributed by atoms with van der Waals surface area (Å²) in [6, 6.07) is 4.60. The van der Waals surface area contributed by atoms with Gasteiger partial charge in [-0.25, -0.2) is 4.79 Å². The number of phenolic OH excluding ortho intramolecular Hbond substituents is 1. The van der Waals surface area contributed by atoms with E-state index in [1.807, 2.05) is 20.8 Å². The summed E-state index contributed by atoms with van der Waals surface area (Å²) >= 11 is 0. The minimum atomic E-state index is -0.890. The number of ether oxygens (including phenoxy) is 1. The molecule has 204 valence electrons. The first-order valence-corrected chi connectivity index (χ1v) is 13.3. The number of aromatic hydroxyl groups is 1. The summed E-state index contributed by atoms with van der Waals surface area (Å²) in [6.07, 6.45) is 4.81. The predicted octanol–water partition coefficient (Wildman–Crippen LogP) is 5.31. The molecule has 2 unspecified atom stereocenters. The van der Waals surface area contributed by atoms with Gasteiger partial charge in [-0.3, -0.25) is 9.59 Å². The van der Waals surface area contributed by atoms with E-state index in [4.69, 9.17) is 4.74 Å². The Morgan fingerprint density at radius 3 is 2.11 bits per heavy atom. The van der Waals surface area contributed by atoms with Gasteiger partial charge in [0, 0.05) is 13.1 Å². The molecule has 2 atom stereocenters. The van der Waals surface area contributed by atoms with Gasteiger partial charge in [0.1, 0.15) is 23.4 Å². The molecule has 1 aromatic rings. The van der Waals surface area contributed by atoms with Crippen LogP contribution in [0.1, 0.15) is 98.6 Å². The number of phenols is 1. The molecule has 0 radical (unpaired) electrons. The van der Waals surface area contributed by atoms with Crippen LogP contribution in [-0.4, -0.2) is 52.6 Å². The highest BCUT2D eigenvalue weighted by atomic mass is 16.6. The molecule has 0 spiro atoms. The molecule has 0 saturated heterocycles. The second-order valence-electron chi connectivity index (χ2n) is 10.6. The van der Waals surface area contributed by atoms with Crippen LogP contribution in [0.2, 0.25) is 0 Å². The maximum Gasteiger partial charge on any atom is 0.408 e. The smallest absolute Gasteiger partial charge is 0.408 e. The van der Waals surface area contributed by atoms with Crippen LogP contribution in [0.15, 0.2) is 24.3 Å². The fourth-order valence-electron chi connectivity index (χ4n) is 3.82. The van der Waals surface area contributed by atoms with Crippen molar-refractivity contribution in [1.29, 1.82) is 0 Å². The summed E-state index contributed by atoms with van der Waals surface area (Å²) in [7, 11) is 0. The lowest BCUT2D eigenvalue weighted by atomic mass is 9.98. The molecule has 0 aliphatic heterocycles. The predicted molar refractivity (Wildman–Crippen MR) is 143 cm³/mol. The van der Waals surface area contributed by atoms with Crippen LogP contribution >= 0.6 is 0 Å². The zero-order chi connectivity index (χ0) is 27.3. The van der Waals surface area contributed by atoms with Crippen molar-refractivity contribution < 1.29 is 24.2 Å². The third-order valence-electron chi connectivity index (χ3n) is 5.74. The van der Waals surface area contributed by atoms with Crippen molar-refractivity contribution in [3.63, 3.8) is 0 Å². The highest BCUT2D eigenvalue weighted by Crippen LogP contribution is 2.26. The van der Waals surface area contributed by atoms with Crippen LogP contribution in [0.4, 0.5) is 4.79 Å². The molecule has 36 heavy (non-hydrogen) atoms. The van der Waals surface area contributed by atoms with Gasteiger partial charge in [-0.1, -0.05) is 65.5 Å². The van der Waals surface area contributed by atoms with Crippen molar-refractivity contribution in [3.05, 3.63) is 29.8 Å². The zero-order valence-electron chi connectivity index (χ0n) is 23.2. The van der Waals surface area contributed by atoms with Crippen LogP contribution in [0.25, 0.3) is 0 Å². The highest BCUT2D eigenvalue weighted by molar-refractivity contribution is 5.92. The quantitative estimate of drug-likeness (QED) is 0.297. The maximum absolute atomic E-state index is 14.0. The van der Waals surface area contributed by atoms with Gasteiger partial charge >= 0.3 is 6.09 Å². The Morgan fingerprint density at radius 2 is 1.58 bits per heavy atom. The summed E-state index contributed by atoms with van der Waals surface area (Å²) in [5, 5.41) is 15.5. The number of hydrogen-bond donors (Lipinski definition) is 3. The molecule has 0 fully saturated rings. The van der Waals surface area contributed by atoms with Gasteiger partial charge in [-0.2, -0.15) is 0 Å². The Bertz CT molecular complexity index is 817. The maximum atomic E-state index is 14.0. The van der Waals surface area contributed by atoms with Gasteiger partial charge in [0.25, 0.3) is 0 Å². The van der Waals surface area contributed by atoms with E-state index in [0.717, 1.165) is 38.5 Å². The molecule has 0 saturated carbocycles. The van der Waals surface area contributed by atoms with E-state index >= 15 is 0 Å². The monoisotopic (exact) mass is 505 g/mol. The van der Waals surface area contributed by atoms with E-state index in [0.29, 0.717) is 18.7 Å². The van der Waals surface area contributed by atoms with Gasteiger partial charge in [-0.05, 0) is 57.2 Å². The van der Waals surface area contributed by atoms with Gasteiger partial charge in [0.2, 0.25) is 11.8 Å². The molecule has 8 nitrogen and oxygen atoms in total. The Morgan fingerprint density at radius 1 is 0.972 bits per heavy atom. The van der Waals surface area contributed by atoms with Crippen molar-refractivity contribution >= 4 is 17.9 Å². The summed E-state index contributed by atoms with van der Waals surface area (Å²) < 4.78 is 5.40. The van der Waals surface area contributed by atoms with E-state index in [1.54, 1.807) is 37.8 Å². The van der Waals surface area contributed by atoms with Crippen molar-refractivity contribution in [3.8, 4) is 5.75 Å². The molecule has 0 bridgehead atoms. The number of carbonyl (C=O) groups excluding carboxylic acids is 3. The lowest BCUT2D eigenvalue weighted by molar-refractivity contribution is -0.143. The molecule has 1 rings (SSSR count). The number of nitrogens with zero attached hydrogens (tertiary/aromatic N) is 1. The summed E-state index contributed by atoms with van der Waals surface area (Å²) in [5.74, 6) is -0.767. The first-order valence-electron chi connectivity index (χ1n) is 13.3. The van der Waals surface area contributed by atoms with Crippen molar-refractivity contribution in [2.24, 2.45) is 5.92 Å². The second kappa shape index (κ2) is 15.4. The SMILES string of the molecule is CCCCCCN(C(=O)C(NC(=O)OC(C)(C)C)C(C)C)C(C(=O)NCCCC)c1ccc(O)cc1. The minimum absolute atomic E-state index is 0.0800. The Labute approximate surface area is 217 Å². The van der Waals surface area contributed by atoms with Crippen LogP contribution in [0.3, 0.4) is 0 Å².